The number of rotatable bonds is 5. The fourth-order valence-corrected chi connectivity index (χ4v) is 2.82. The highest BCUT2D eigenvalue weighted by Crippen LogP contribution is 2.22. The van der Waals surface area contributed by atoms with Crippen LogP contribution in [0.3, 0.4) is 0 Å². The average Bonchev–Trinajstić information content (AvgIpc) is 2.82. The number of hydrogen-bond acceptors (Lipinski definition) is 4. The van der Waals surface area contributed by atoms with Gasteiger partial charge in [-0.3, -0.25) is 9.69 Å². The van der Waals surface area contributed by atoms with Crippen molar-refractivity contribution in [2.24, 2.45) is 5.92 Å². The van der Waals surface area contributed by atoms with Gasteiger partial charge in [-0.2, -0.15) is 0 Å². The molecular formula is C15H22ClN3O2. The molecule has 1 fully saturated rings. The molecule has 0 radical (unpaired) electrons. The first-order valence-electron chi connectivity index (χ1n) is 7.07. The van der Waals surface area contributed by atoms with E-state index in [1.165, 1.54) is 0 Å². The second kappa shape index (κ2) is 7.22. The Bertz CT molecular complexity index is 496. The Balaban J connectivity index is 2.02. The van der Waals surface area contributed by atoms with Crippen molar-refractivity contribution in [2.75, 3.05) is 33.7 Å². The monoisotopic (exact) mass is 311 g/mol. The molecule has 1 heterocycles. The molecule has 21 heavy (non-hydrogen) atoms. The number of likely N-dealkylation sites (N-methyl/N-ethyl adjacent to an activating group) is 1. The van der Waals surface area contributed by atoms with E-state index in [2.05, 4.69) is 10.6 Å². The molecule has 1 amide bonds. The number of nitrogens with one attached hydrogen (secondary N) is 2. The molecule has 1 saturated heterocycles. The Hall–Kier alpha value is -1.14. The van der Waals surface area contributed by atoms with Crippen LogP contribution >= 0.6 is 11.6 Å². The Labute approximate surface area is 130 Å². The van der Waals surface area contributed by atoms with Crippen LogP contribution in [0.25, 0.3) is 0 Å². The quantitative estimate of drug-likeness (QED) is 0.747. The molecule has 1 aliphatic heterocycles. The van der Waals surface area contributed by atoms with E-state index in [1.807, 2.05) is 31.1 Å². The van der Waals surface area contributed by atoms with Gasteiger partial charge in [0, 0.05) is 30.6 Å². The van der Waals surface area contributed by atoms with Gasteiger partial charge in [0.25, 0.3) is 0 Å². The van der Waals surface area contributed by atoms with Gasteiger partial charge in [-0.05, 0) is 31.8 Å². The largest absolute Gasteiger partial charge is 0.391 e. The number of aliphatic hydroxyl groups excluding tert-OH is 1. The molecule has 3 unspecified atom stereocenters. The van der Waals surface area contributed by atoms with Crippen LogP contribution < -0.4 is 10.6 Å². The number of hydrogen-bond donors (Lipinski definition) is 3. The standard InChI is InChI=1S/C15H22ClN3O2/c1-19(2)14(10-4-3-5-12(16)6-10)15(21)18-8-11-7-17-9-13(11)20/h3-6,11,13-14,17,20H,7-9H2,1-2H3,(H,18,21). The number of β-amino-alcohol motifs (C(OH)–C–C–N with tert-alkyl or cyclic N) is 1. The van der Waals surface area contributed by atoms with E-state index in [0.29, 0.717) is 18.1 Å². The zero-order valence-corrected chi connectivity index (χ0v) is 13.1. The third-order valence-electron chi connectivity index (χ3n) is 3.77. The summed E-state index contributed by atoms with van der Waals surface area (Å²) in [7, 11) is 3.72. The molecule has 0 aliphatic carbocycles. The maximum absolute atomic E-state index is 12.5. The third kappa shape index (κ3) is 4.17. The zero-order chi connectivity index (χ0) is 15.4. The summed E-state index contributed by atoms with van der Waals surface area (Å²) in [6.45, 7) is 1.79. The van der Waals surface area contributed by atoms with Gasteiger partial charge in [0.2, 0.25) is 5.91 Å². The molecule has 1 aromatic carbocycles. The third-order valence-corrected chi connectivity index (χ3v) is 4.01. The van der Waals surface area contributed by atoms with Gasteiger partial charge in [-0.25, -0.2) is 0 Å². The summed E-state index contributed by atoms with van der Waals surface area (Å²) in [6.07, 6.45) is -0.394. The Morgan fingerprint density at radius 2 is 2.29 bits per heavy atom. The molecule has 6 heteroatoms. The van der Waals surface area contributed by atoms with E-state index in [9.17, 15) is 9.90 Å². The lowest BCUT2D eigenvalue weighted by Gasteiger charge is -2.25. The van der Waals surface area contributed by atoms with E-state index in [-0.39, 0.29) is 11.8 Å². The summed E-state index contributed by atoms with van der Waals surface area (Å²) in [5, 5.41) is 16.4. The highest BCUT2D eigenvalue weighted by atomic mass is 35.5. The van der Waals surface area contributed by atoms with Crippen LogP contribution in [0.4, 0.5) is 0 Å². The number of halogens is 1. The normalized spacial score (nSPS) is 23.3. The summed E-state index contributed by atoms with van der Waals surface area (Å²) in [6, 6.07) is 6.93. The number of nitrogens with zero attached hydrogens (tertiary/aromatic N) is 1. The van der Waals surface area contributed by atoms with Gasteiger partial charge in [0.15, 0.2) is 0 Å². The van der Waals surface area contributed by atoms with Crippen LogP contribution in [0.2, 0.25) is 5.02 Å². The number of carbonyl (C=O) groups is 1. The minimum absolute atomic E-state index is 0.0659. The van der Waals surface area contributed by atoms with Crippen LogP contribution in [0.15, 0.2) is 24.3 Å². The summed E-state index contributed by atoms with van der Waals surface area (Å²) in [5.41, 5.74) is 0.857. The van der Waals surface area contributed by atoms with Crippen molar-refractivity contribution in [1.82, 2.24) is 15.5 Å². The SMILES string of the molecule is CN(C)C(C(=O)NCC1CNCC1O)c1cccc(Cl)c1. The van der Waals surface area contributed by atoms with Gasteiger partial charge in [-0.1, -0.05) is 23.7 Å². The van der Waals surface area contributed by atoms with Crippen molar-refractivity contribution < 1.29 is 9.90 Å². The molecule has 3 N–H and O–H groups in total. The number of carbonyl (C=O) groups excluding carboxylic acids is 1. The minimum atomic E-state index is -0.394. The van der Waals surface area contributed by atoms with Crippen molar-refractivity contribution in [3.63, 3.8) is 0 Å². The van der Waals surface area contributed by atoms with Crippen molar-refractivity contribution >= 4 is 17.5 Å². The Kier molecular flexibility index (Phi) is 5.58. The Morgan fingerprint density at radius 1 is 1.52 bits per heavy atom. The van der Waals surface area contributed by atoms with E-state index >= 15 is 0 Å². The Morgan fingerprint density at radius 3 is 2.86 bits per heavy atom. The van der Waals surface area contributed by atoms with Crippen LogP contribution in [-0.2, 0) is 4.79 Å². The van der Waals surface area contributed by atoms with Crippen LogP contribution in [0.1, 0.15) is 11.6 Å². The second-order valence-corrected chi connectivity index (χ2v) is 6.09. The van der Waals surface area contributed by atoms with Gasteiger partial charge in [-0.15, -0.1) is 0 Å². The predicted molar refractivity (Wildman–Crippen MR) is 83.3 cm³/mol. The molecule has 1 aromatic rings. The first kappa shape index (κ1) is 16.2. The van der Waals surface area contributed by atoms with Crippen molar-refractivity contribution in [2.45, 2.75) is 12.1 Å². The maximum Gasteiger partial charge on any atom is 0.241 e. The van der Waals surface area contributed by atoms with E-state index < -0.39 is 12.1 Å². The van der Waals surface area contributed by atoms with Crippen LogP contribution in [-0.4, -0.2) is 55.7 Å². The topological polar surface area (TPSA) is 64.6 Å². The van der Waals surface area contributed by atoms with E-state index in [4.69, 9.17) is 11.6 Å². The summed E-state index contributed by atoms with van der Waals surface area (Å²) in [4.78, 5) is 14.3. The molecule has 2 rings (SSSR count). The van der Waals surface area contributed by atoms with Gasteiger partial charge < -0.3 is 15.7 Å². The molecule has 0 saturated carbocycles. The first-order chi connectivity index (χ1) is 9.99. The van der Waals surface area contributed by atoms with Crippen molar-refractivity contribution in [3.05, 3.63) is 34.9 Å². The lowest BCUT2D eigenvalue weighted by molar-refractivity contribution is -0.126. The molecule has 1 aliphatic rings. The lowest BCUT2D eigenvalue weighted by Crippen LogP contribution is -2.41. The van der Waals surface area contributed by atoms with Crippen LogP contribution in [0.5, 0.6) is 0 Å². The minimum Gasteiger partial charge on any atom is -0.391 e. The number of benzene rings is 1. The molecule has 5 nitrogen and oxygen atoms in total. The average molecular weight is 312 g/mol. The molecular weight excluding hydrogens is 290 g/mol. The molecule has 3 atom stereocenters. The van der Waals surface area contributed by atoms with E-state index in [0.717, 1.165) is 12.1 Å². The molecule has 0 spiro atoms. The lowest BCUT2D eigenvalue weighted by atomic mass is 10.0. The fraction of sp³-hybridized carbons (Fsp3) is 0.533. The highest BCUT2D eigenvalue weighted by molar-refractivity contribution is 6.30. The highest BCUT2D eigenvalue weighted by Gasteiger charge is 2.28. The van der Waals surface area contributed by atoms with Gasteiger partial charge in [0.1, 0.15) is 6.04 Å². The molecule has 116 valence electrons. The maximum atomic E-state index is 12.5. The second-order valence-electron chi connectivity index (χ2n) is 5.65. The zero-order valence-electron chi connectivity index (χ0n) is 12.3. The predicted octanol–water partition coefficient (Wildman–Crippen LogP) is 0.639. The number of amides is 1. The first-order valence-corrected chi connectivity index (χ1v) is 7.45. The smallest absolute Gasteiger partial charge is 0.241 e. The van der Waals surface area contributed by atoms with Crippen molar-refractivity contribution in [3.8, 4) is 0 Å². The van der Waals surface area contributed by atoms with Crippen molar-refractivity contribution in [1.29, 1.82) is 0 Å². The number of aliphatic hydroxyl groups is 1. The summed E-state index contributed by atoms with van der Waals surface area (Å²) < 4.78 is 0. The molecule has 0 bridgehead atoms. The molecule has 0 aromatic heterocycles. The van der Waals surface area contributed by atoms with E-state index in [1.54, 1.807) is 12.1 Å². The van der Waals surface area contributed by atoms with Crippen LogP contribution in [0, 0.1) is 5.92 Å². The van der Waals surface area contributed by atoms with Gasteiger partial charge >= 0.3 is 0 Å². The van der Waals surface area contributed by atoms with Gasteiger partial charge in [0.05, 0.1) is 6.10 Å². The summed E-state index contributed by atoms with van der Waals surface area (Å²) in [5.74, 6) is -0.0162. The summed E-state index contributed by atoms with van der Waals surface area (Å²) >= 11 is 6.01. The fourth-order valence-electron chi connectivity index (χ4n) is 2.62.